The minimum Gasteiger partial charge on any atom is -0.487 e. The number of piperidine rings is 1. The van der Waals surface area contributed by atoms with Gasteiger partial charge in [0.2, 0.25) is 0 Å². The summed E-state index contributed by atoms with van der Waals surface area (Å²) in [6, 6.07) is 9.80. The van der Waals surface area contributed by atoms with E-state index >= 15 is 0 Å². The summed E-state index contributed by atoms with van der Waals surface area (Å²) >= 11 is 6.17. The fourth-order valence-electron chi connectivity index (χ4n) is 5.68. The molecule has 1 spiro atoms. The van der Waals surface area contributed by atoms with Crippen LogP contribution in [0.15, 0.2) is 36.4 Å². The molecular formula is C27H33ClN4O6. The Labute approximate surface area is 226 Å². The lowest BCUT2D eigenvalue weighted by atomic mass is 9.86. The molecular weight excluding hydrogens is 512 g/mol. The minimum absolute atomic E-state index is 0.118. The van der Waals surface area contributed by atoms with Crippen LogP contribution in [0.3, 0.4) is 0 Å². The van der Waals surface area contributed by atoms with Crippen molar-refractivity contribution in [3.63, 3.8) is 0 Å². The predicted molar refractivity (Wildman–Crippen MR) is 143 cm³/mol. The number of carbonyl (C=O) groups is 2. The van der Waals surface area contributed by atoms with Gasteiger partial charge in [0.1, 0.15) is 17.1 Å². The molecule has 5 N–H and O–H groups in total. The zero-order valence-corrected chi connectivity index (χ0v) is 22.2. The highest BCUT2D eigenvalue weighted by Gasteiger charge is 2.45. The Kier molecular flexibility index (Phi) is 6.83. The van der Waals surface area contributed by atoms with Crippen LogP contribution in [0.1, 0.15) is 32.3 Å². The fraction of sp³-hybridized carbons (Fsp3) is 0.481. The number of fused-ring (bicyclic) bond motifs is 1. The third-order valence-corrected chi connectivity index (χ3v) is 7.99. The molecule has 0 aliphatic carbocycles. The van der Waals surface area contributed by atoms with Gasteiger partial charge >= 0.3 is 12.0 Å². The third-order valence-electron chi connectivity index (χ3n) is 7.75. The zero-order chi connectivity index (χ0) is 27.2. The van der Waals surface area contributed by atoms with Crippen molar-refractivity contribution >= 4 is 35.0 Å². The third kappa shape index (κ3) is 5.21. The number of nitrogens with zero attached hydrogens (tertiary/aromatic N) is 2. The van der Waals surface area contributed by atoms with Crippen molar-refractivity contribution in [1.29, 1.82) is 0 Å². The van der Waals surface area contributed by atoms with Gasteiger partial charge in [-0.05, 0) is 49.7 Å². The van der Waals surface area contributed by atoms with Crippen molar-refractivity contribution in [3.8, 4) is 11.5 Å². The summed E-state index contributed by atoms with van der Waals surface area (Å²) in [5, 5.41) is 23.8. The first kappa shape index (κ1) is 26.4. The number of urea groups is 1. The van der Waals surface area contributed by atoms with Crippen LogP contribution in [0.4, 0.5) is 16.2 Å². The second-order valence-electron chi connectivity index (χ2n) is 10.9. The smallest absolute Gasteiger partial charge is 0.347 e. The Morgan fingerprint density at radius 1 is 1.18 bits per heavy atom. The van der Waals surface area contributed by atoms with E-state index in [9.17, 15) is 19.8 Å². The highest BCUT2D eigenvalue weighted by molar-refractivity contribution is 6.30. The van der Waals surface area contributed by atoms with Gasteiger partial charge in [0.05, 0.1) is 23.5 Å². The van der Waals surface area contributed by atoms with E-state index in [-0.39, 0.29) is 11.6 Å². The van der Waals surface area contributed by atoms with Crippen LogP contribution in [0.25, 0.3) is 0 Å². The second-order valence-corrected chi connectivity index (χ2v) is 11.3. The molecule has 5 rings (SSSR count). The van der Waals surface area contributed by atoms with E-state index in [0.29, 0.717) is 35.2 Å². The SMILES string of the molecule is CC(C)(Oc1ccc(NC(N)=O)c(N2CC(N3CCC4(CC3)Cc3cc(Cl)ccc3O4)[C@H](O)C2)c1)C(=O)O. The number of carboxylic acids is 1. The number of aliphatic carboxylic acids is 1. The lowest BCUT2D eigenvalue weighted by molar-refractivity contribution is -0.152. The van der Waals surface area contributed by atoms with Crippen molar-refractivity contribution in [1.82, 2.24) is 4.90 Å². The molecule has 0 aromatic heterocycles. The van der Waals surface area contributed by atoms with Gasteiger partial charge in [-0.15, -0.1) is 0 Å². The van der Waals surface area contributed by atoms with Crippen LogP contribution in [0.5, 0.6) is 11.5 Å². The first-order valence-corrected chi connectivity index (χ1v) is 13.1. The number of hydrogen-bond donors (Lipinski definition) is 4. The van der Waals surface area contributed by atoms with Crippen LogP contribution < -0.4 is 25.4 Å². The van der Waals surface area contributed by atoms with E-state index in [2.05, 4.69) is 10.2 Å². The number of aliphatic hydroxyl groups is 1. The van der Waals surface area contributed by atoms with E-state index in [0.717, 1.165) is 43.7 Å². The number of hydrogen-bond acceptors (Lipinski definition) is 7. The highest BCUT2D eigenvalue weighted by atomic mass is 35.5. The van der Waals surface area contributed by atoms with Gasteiger partial charge in [-0.2, -0.15) is 0 Å². The molecule has 2 amide bonds. The molecule has 0 bridgehead atoms. The molecule has 3 aliphatic heterocycles. The molecule has 10 nitrogen and oxygen atoms in total. The molecule has 0 saturated carbocycles. The normalized spacial score (nSPS) is 22.7. The summed E-state index contributed by atoms with van der Waals surface area (Å²) < 4.78 is 12.1. The highest BCUT2D eigenvalue weighted by Crippen LogP contribution is 2.43. The van der Waals surface area contributed by atoms with E-state index in [1.165, 1.54) is 13.8 Å². The molecule has 3 aliphatic rings. The van der Waals surface area contributed by atoms with E-state index < -0.39 is 23.7 Å². The van der Waals surface area contributed by atoms with E-state index in [1.807, 2.05) is 23.1 Å². The Hall–Kier alpha value is -3.21. The number of anilines is 2. The number of β-amino-alcohol motifs (C(OH)–C–C–N with tert-alkyl or cyclic N) is 1. The molecule has 2 fully saturated rings. The van der Waals surface area contributed by atoms with Gasteiger partial charge in [-0.25, -0.2) is 9.59 Å². The Morgan fingerprint density at radius 2 is 1.92 bits per heavy atom. The average Bonchev–Trinajstić information content (AvgIpc) is 3.39. The number of halogens is 1. The zero-order valence-electron chi connectivity index (χ0n) is 21.4. The van der Waals surface area contributed by atoms with E-state index in [1.54, 1.807) is 18.2 Å². The molecule has 2 aromatic rings. The predicted octanol–water partition coefficient (Wildman–Crippen LogP) is 3.09. The van der Waals surface area contributed by atoms with Gasteiger partial charge in [-0.1, -0.05) is 11.6 Å². The van der Waals surface area contributed by atoms with Crippen LogP contribution in [-0.4, -0.2) is 76.6 Å². The lowest BCUT2D eigenvalue weighted by Crippen LogP contribution is -2.53. The first-order valence-electron chi connectivity index (χ1n) is 12.7. The maximum atomic E-state index is 11.6. The van der Waals surface area contributed by atoms with Gasteiger partial charge in [0.25, 0.3) is 0 Å². The van der Waals surface area contributed by atoms with Crippen LogP contribution >= 0.6 is 11.6 Å². The lowest BCUT2D eigenvalue weighted by Gasteiger charge is -2.41. The van der Waals surface area contributed by atoms with Gasteiger partial charge in [0, 0.05) is 56.5 Å². The second kappa shape index (κ2) is 9.83. The quantitative estimate of drug-likeness (QED) is 0.435. The number of likely N-dealkylation sites (tertiary alicyclic amines) is 1. The fourth-order valence-corrected chi connectivity index (χ4v) is 5.88. The number of primary amides is 1. The number of benzene rings is 2. The maximum Gasteiger partial charge on any atom is 0.347 e. The number of nitrogens with one attached hydrogen (secondary N) is 1. The van der Waals surface area contributed by atoms with Crippen LogP contribution in [-0.2, 0) is 11.2 Å². The number of ether oxygens (including phenoxy) is 2. The first-order chi connectivity index (χ1) is 17.9. The molecule has 204 valence electrons. The monoisotopic (exact) mass is 544 g/mol. The molecule has 11 heteroatoms. The number of carboxylic acid groups (broad SMARTS) is 1. The maximum absolute atomic E-state index is 11.6. The van der Waals surface area contributed by atoms with Gasteiger partial charge in [-0.3, -0.25) is 4.90 Å². The largest absolute Gasteiger partial charge is 0.487 e. The number of amides is 2. The Bertz CT molecular complexity index is 1250. The van der Waals surface area contributed by atoms with Crippen molar-refractivity contribution in [2.24, 2.45) is 5.73 Å². The number of aliphatic hydroxyl groups excluding tert-OH is 1. The number of carbonyl (C=O) groups excluding carboxylic acids is 1. The molecule has 2 atom stereocenters. The molecule has 2 saturated heterocycles. The van der Waals surface area contributed by atoms with Crippen LogP contribution in [0.2, 0.25) is 5.02 Å². The van der Waals surface area contributed by atoms with Crippen molar-refractivity contribution in [3.05, 3.63) is 47.0 Å². The minimum atomic E-state index is -1.44. The summed E-state index contributed by atoms with van der Waals surface area (Å²) in [5.41, 5.74) is 5.90. The van der Waals surface area contributed by atoms with E-state index in [4.69, 9.17) is 26.8 Å². The van der Waals surface area contributed by atoms with Crippen LogP contribution in [0, 0.1) is 0 Å². The topological polar surface area (TPSA) is 138 Å². The molecule has 3 heterocycles. The number of nitrogens with two attached hydrogens (primary N) is 1. The van der Waals surface area contributed by atoms with Crippen molar-refractivity contribution in [2.45, 2.75) is 56.5 Å². The average molecular weight is 545 g/mol. The van der Waals surface area contributed by atoms with Crippen molar-refractivity contribution < 1.29 is 29.3 Å². The Morgan fingerprint density at radius 3 is 2.61 bits per heavy atom. The molecule has 0 radical (unpaired) electrons. The summed E-state index contributed by atoms with van der Waals surface area (Å²) in [6.45, 7) is 5.34. The summed E-state index contributed by atoms with van der Waals surface area (Å²) in [4.78, 5) is 27.5. The number of rotatable bonds is 6. The Balaban J connectivity index is 1.29. The van der Waals surface area contributed by atoms with Gasteiger partial charge in [0.15, 0.2) is 5.60 Å². The van der Waals surface area contributed by atoms with Crippen molar-refractivity contribution in [2.75, 3.05) is 36.4 Å². The summed E-state index contributed by atoms with van der Waals surface area (Å²) in [6.07, 6.45) is 1.89. The van der Waals surface area contributed by atoms with Gasteiger partial charge < -0.3 is 35.6 Å². The molecule has 1 unspecified atom stereocenters. The summed E-state index contributed by atoms with van der Waals surface area (Å²) in [7, 11) is 0. The molecule has 2 aromatic carbocycles. The summed E-state index contributed by atoms with van der Waals surface area (Å²) in [5.74, 6) is 0.131. The standard InChI is InChI=1S/C27H33ClN4O6/c1-26(2,24(34)35)37-18-4-5-19(30-25(29)36)20(12-18)32-14-21(22(33)15-32)31-9-7-27(8-10-31)13-16-11-17(28)3-6-23(16)38-27/h3-6,11-12,21-22,33H,7-10,13-15H2,1-2H3,(H,34,35)(H3,29,30,36)/t21?,22-/m1/s1. The molecule has 38 heavy (non-hydrogen) atoms.